The van der Waals surface area contributed by atoms with Crippen molar-refractivity contribution < 1.29 is 28.7 Å². The van der Waals surface area contributed by atoms with Crippen LogP contribution in [0.1, 0.15) is 56.8 Å². The Hall–Kier alpha value is -3.28. The van der Waals surface area contributed by atoms with Crippen LogP contribution in [-0.4, -0.2) is 23.5 Å². The topological polar surface area (TPSA) is 86.7 Å². The molecule has 1 aliphatic rings. The number of ether oxygens (including phenoxy) is 2. The van der Waals surface area contributed by atoms with E-state index >= 15 is 0 Å². The number of esters is 2. The van der Waals surface area contributed by atoms with Crippen molar-refractivity contribution in [2.45, 2.75) is 27.4 Å². The summed E-state index contributed by atoms with van der Waals surface area (Å²) in [6.07, 6.45) is 0. The predicted octanol–water partition coefficient (Wildman–Crippen LogP) is 2.76. The van der Waals surface area contributed by atoms with Crippen molar-refractivity contribution in [3.63, 3.8) is 0 Å². The van der Waals surface area contributed by atoms with Gasteiger partial charge < -0.3 is 9.47 Å². The average Bonchev–Trinajstić information content (AvgIpc) is 2.58. The van der Waals surface area contributed by atoms with Gasteiger partial charge in [-0.25, -0.2) is 0 Å². The number of benzene rings is 2. The van der Waals surface area contributed by atoms with Crippen molar-refractivity contribution in [3.05, 3.63) is 63.7 Å². The number of carbonyl (C=O) groups excluding carboxylic acids is 4. The minimum atomic E-state index is -0.638. The molecule has 26 heavy (non-hydrogen) atoms. The largest absolute Gasteiger partial charge is 0.461 e. The Morgan fingerprint density at radius 2 is 1.54 bits per heavy atom. The van der Waals surface area contributed by atoms with Crippen molar-refractivity contribution in [2.75, 3.05) is 0 Å². The maximum atomic E-state index is 13.0. The standard InChI is InChI=1S/C20H16O6/c1-10-8-15-17(19(24)14-7-5-4-6-13(14)18(15)23)20(26-12(3)22)16(10)9-25-11(2)21/h4-8H,9H2,1-3H3. The maximum absolute atomic E-state index is 13.0. The molecule has 0 aliphatic heterocycles. The first kappa shape index (κ1) is 17.5. The number of aryl methyl sites for hydroxylation is 1. The summed E-state index contributed by atoms with van der Waals surface area (Å²) < 4.78 is 10.3. The van der Waals surface area contributed by atoms with E-state index < -0.39 is 17.7 Å². The Morgan fingerprint density at radius 1 is 0.923 bits per heavy atom. The van der Waals surface area contributed by atoms with Crippen LogP contribution in [0.2, 0.25) is 0 Å². The van der Waals surface area contributed by atoms with Gasteiger partial charge >= 0.3 is 11.9 Å². The smallest absolute Gasteiger partial charge is 0.308 e. The van der Waals surface area contributed by atoms with E-state index in [0.717, 1.165) is 0 Å². The van der Waals surface area contributed by atoms with Crippen LogP contribution >= 0.6 is 0 Å². The van der Waals surface area contributed by atoms with Crippen molar-refractivity contribution >= 4 is 23.5 Å². The number of hydrogen-bond acceptors (Lipinski definition) is 6. The zero-order valence-corrected chi connectivity index (χ0v) is 14.5. The number of carbonyl (C=O) groups is 4. The number of rotatable bonds is 3. The normalized spacial score (nSPS) is 12.3. The van der Waals surface area contributed by atoms with E-state index in [2.05, 4.69) is 0 Å². The second-order valence-corrected chi connectivity index (χ2v) is 6.00. The van der Waals surface area contributed by atoms with E-state index in [0.29, 0.717) is 16.7 Å². The van der Waals surface area contributed by atoms with Gasteiger partial charge in [0.05, 0.1) is 5.56 Å². The second-order valence-electron chi connectivity index (χ2n) is 6.00. The van der Waals surface area contributed by atoms with E-state index in [-0.39, 0.29) is 34.8 Å². The molecule has 2 aromatic carbocycles. The fourth-order valence-electron chi connectivity index (χ4n) is 3.00. The Labute approximate surface area is 149 Å². The summed E-state index contributed by atoms with van der Waals surface area (Å²) in [5.74, 6) is -1.90. The summed E-state index contributed by atoms with van der Waals surface area (Å²) >= 11 is 0. The molecule has 0 radical (unpaired) electrons. The molecule has 0 heterocycles. The van der Waals surface area contributed by atoms with Crippen molar-refractivity contribution in [1.82, 2.24) is 0 Å². The van der Waals surface area contributed by atoms with Crippen molar-refractivity contribution in [3.8, 4) is 5.75 Å². The molecule has 0 atom stereocenters. The molecule has 0 saturated heterocycles. The van der Waals surface area contributed by atoms with Crippen LogP contribution in [0.3, 0.4) is 0 Å². The van der Waals surface area contributed by atoms with Gasteiger partial charge in [0.2, 0.25) is 0 Å². The van der Waals surface area contributed by atoms with Crippen LogP contribution in [0.4, 0.5) is 0 Å². The van der Waals surface area contributed by atoms with Crippen molar-refractivity contribution in [2.24, 2.45) is 0 Å². The highest BCUT2D eigenvalue weighted by molar-refractivity contribution is 6.29. The number of hydrogen-bond donors (Lipinski definition) is 0. The zero-order chi connectivity index (χ0) is 19.0. The molecule has 132 valence electrons. The van der Waals surface area contributed by atoms with Gasteiger partial charge in [0.25, 0.3) is 0 Å². The Bertz CT molecular complexity index is 971. The molecule has 0 spiro atoms. The summed E-state index contributed by atoms with van der Waals surface area (Å²) in [4.78, 5) is 48.6. The highest BCUT2D eigenvalue weighted by atomic mass is 16.5. The maximum Gasteiger partial charge on any atom is 0.308 e. The lowest BCUT2D eigenvalue weighted by Crippen LogP contribution is -2.24. The highest BCUT2D eigenvalue weighted by Crippen LogP contribution is 2.38. The van der Waals surface area contributed by atoms with E-state index in [9.17, 15) is 19.2 Å². The number of fused-ring (bicyclic) bond motifs is 2. The second kappa shape index (κ2) is 6.55. The molecule has 3 rings (SSSR count). The minimum absolute atomic E-state index is 0.0247. The van der Waals surface area contributed by atoms with E-state index in [1.54, 1.807) is 37.3 Å². The van der Waals surface area contributed by atoms with Crippen LogP contribution < -0.4 is 4.74 Å². The molecule has 1 aliphatic carbocycles. The fourth-order valence-corrected chi connectivity index (χ4v) is 3.00. The third kappa shape index (κ3) is 2.90. The molecule has 6 heteroatoms. The predicted molar refractivity (Wildman–Crippen MR) is 91.3 cm³/mol. The van der Waals surface area contributed by atoms with E-state index in [4.69, 9.17) is 9.47 Å². The molecule has 0 aromatic heterocycles. The van der Waals surface area contributed by atoms with Gasteiger partial charge in [0.1, 0.15) is 12.4 Å². The van der Waals surface area contributed by atoms with Crippen LogP contribution in [0, 0.1) is 6.92 Å². The van der Waals surface area contributed by atoms with Gasteiger partial charge in [-0.2, -0.15) is 0 Å². The molecule has 2 aromatic rings. The Kier molecular flexibility index (Phi) is 4.42. The third-order valence-corrected chi connectivity index (χ3v) is 4.16. The zero-order valence-electron chi connectivity index (χ0n) is 14.5. The van der Waals surface area contributed by atoms with Crippen LogP contribution in [0.25, 0.3) is 0 Å². The molecule has 0 unspecified atom stereocenters. The Morgan fingerprint density at radius 3 is 2.12 bits per heavy atom. The van der Waals surface area contributed by atoms with Gasteiger partial charge in [-0.15, -0.1) is 0 Å². The molecular weight excluding hydrogens is 336 g/mol. The third-order valence-electron chi connectivity index (χ3n) is 4.16. The molecule has 0 saturated carbocycles. The first-order valence-corrected chi connectivity index (χ1v) is 7.98. The van der Waals surface area contributed by atoms with E-state index in [1.807, 2.05) is 0 Å². The quantitative estimate of drug-likeness (QED) is 0.532. The lowest BCUT2D eigenvalue weighted by atomic mass is 9.81. The first-order chi connectivity index (χ1) is 12.3. The summed E-state index contributed by atoms with van der Waals surface area (Å²) in [5.41, 5.74) is 1.73. The van der Waals surface area contributed by atoms with Crippen LogP contribution in [-0.2, 0) is 20.9 Å². The van der Waals surface area contributed by atoms with Crippen LogP contribution in [0.5, 0.6) is 5.75 Å². The summed E-state index contributed by atoms with van der Waals surface area (Å²) in [5, 5.41) is 0. The van der Waals surface area contributed by atoms with Gasteiger partial charge in [0.15, 0.2) is 11.6 Å². The van der Waals surface area contributed by atoms with Crippen LogP contribution in [0.15, 0.2) is 30.3 Å². The Balaban J connectivity index is 2.27. The van der Waals surface area contributed by atoms with Crippen molar-refractivity contribution in [1.29, 1.82) is 0 Å². The summed E-state index contributed by atoms with van der Waals surface area (Å²) in [6.45, 7) is 3.99. The van der Waals surface area contributed by atoms with E-state index in [1.165, 1.54) is 13.8 Å². The summed E-state index contributed by atoms with van der Waals surface area (Å²) in [7, 11) is 0. The van der Waals surface area contributed by atoms with Gasteiger partial charge in [-0.1, -0.05) is 24.3 Å². The molecule has 0 bridgehead atoms. The SMILES string of the molecule is CC(=O)OCc1c(C)cc2c(c1OC(C)=O)C(=O)c1ccccc1C2=O. The first-order valence-electron chi connectivity index (χ1n) is 7.98. The molecular formula is C20H16O6. The van der Waals surface area contributed by atoms with Gasteiger partial charge in [-0.3, -0.25) is 19.2 Å². The molecule has 0 fully saturated rings. The molecule has 6 nitrogen and oxygen atoms in total. The average molecular weight is 352 g/mol. The lowest BCUT2D eigenvalue weighted by Gasteiger charge is -2.23. The van der Waals surface area contributed by atoms with Gasteiger partial charge in [0, 0.05) is 36.1 Å². The fraction of sp³-hybridized carbons (Fsp3) is 0.200. The van der Waals surface area contributed by atoms with Gasteiger partial charge in [-0.05, 0) is 18.6 Å². The summed E-state index contributed by atoms with van der Waals surface area (Å²) in [6, 6.07) is 8.06. The lowest BCUT2D eigenvalue weighted by molar-refractivity contribution is -0.142. The molecule has 0 N–H and O–H groups in total. The molecule has 0 amide bonds. The number of ketones is 2. The minimum Gasteiger partial charge on any atom is -0.461 e. The monoisotopic (exact) mass is 352 g/mol. The highest BCUT2D eigenvalue weighted by Gasteiger charge is 2.34.